The molecule has 0 amide bonds. The first-order valence-electron chi connectivity index (χ1n) is 6.58. The molecule has 0 unspecified atom stereocenters. The maximum Gasteiger partial charge on any atom is 0.0815 e. The highest BCUT2D eigenvalue weighted by molar-refractivity contribution is 5.85. The van der Waals surface area contributed by atoms with Crippen LogP contribution in [0.2, 0.25) is 0 Å². The minimum absolute atomic E-state index is 0. The molecular formula is C13H20ClN5. The molecule has 5 nitrogen and oxygen atoms in total. The Kier molecular flexibility index (Phi) is 4.47. The lowest BCUT2D eigenvalue weighted by Gasteiger charge is -2.08. The quantitative estimate of drug-likeness (QED) is 0.937. The van der Waals surface area contributed by atoms with Gasteiger partial charge >= 0.3 is 0 Å². The number of hydrogen-bond donors (Lipinski definition) is 1. The van der Waals surface area contributed by atoms with Crippen molar-refractivity contribution in [1.82, 2.24) is 19.6 Å². The van der Waals surface area contributed by atoms with Crippen molar-refractivity contribution in [3.8, 4) is 0 Å². The fourth-order valence-corrected chi connectivity index (χ4v) is 2.55. The Labute approximate surface area is 119 Å². The Balaban J connectivity index is 0.00000133. The Hall–Kier alpha value is -1.49. The lowest BCUT2D eigenvalue weighted by Crippen LogP contribution is -2.04. The van der Waals surface area contributed by atoms with Crippen LogP contribution < -0.4 is 5.32 Å². The van der Waals surface area contributed by atoms with Crippen LogP contribution in [0, 0.1) is 0 Å². The first kappa shape index (κ1) is 13.9. The number of hydrogen-bond acceptors (Lipinski definition) is 3. The summed E-state index contributed by atoms with van der Waals surface area (Å²) in [6.45, 7) is 0.747. The van der Waals surface area contributed by atoms with E-state index in [0.29, 0.717) is 6.04 Å². The third kappa shape index (κ3) is 3.29. The Bertz CT molecular complexity index is 513. The van der Waals surface area contributed by atoms with Gasteiger partial charge in [-0.1, -0.05) is 12.8 Å². The number of nitrogens with one attached hydrogen (secondary N) is 1. The van der Waals surface area contributed by atoms with Gasteiger partial charge in [-0.25, -0.2) is 0 Å². The van der Waals surface area contributed by atoms with Crippen LogP contribution in [0.4, 0.5) is 5.69 Å². The molecule has 2 aromatic rings. The molecule has 2 heterocycles. The van der Waals surface area contributed by atoms with Crippen LogP contribution in [0.3, 0.4) is 0 Å². The summed E-state index contributed by atoms with van der Waals surface area (Å²) in [6, 6.07) is 2.63. The molecule has 2 aromatic heterocycles. The molecule has 1 aliphatic rings. The monoisotopic (exact) mass is 281 g/mol. The summed E-state index contributed by atoms with van der Waals surface area (Å²) in [6.07, 6.45) is 11.2. The summed E-state index contributed by atoms with van der Waals surface area (Å²) in [4.78, 5) is 0. The minimum Gasteiger partial charge on any atom is -0.377 e. The van der Waals surface area contributed by atoms with E-state index >= 15 is 0 Å². The number of anilines is 1. The van der Waals surface area contributed by atoms with Crippen LogP contribution >= 0.6 is 12.4 Å². The second-order valence-corrected chi connectivity index (χ2v) is 4.98. The molecule has 0 bridgehead atoms. The molecule has 104 valence electrons. The predicted molar refractivity (Wildman–Crippen MR) is 77.5 cm³/mol. The summed E-state index contributed by atoms with van der Waals surface area (Å²) in [5, 5.41) is 12.1. The van der Waals surface area contributed by atoms with Gasteiger partial charge in [-0.2, -0.15) is 10.2 Å². The fraction of sp³-hybridized carbons (Fsp3) is 0.538. The Morgan fingerprint density at radius 3 is 2.84 bits per heavy atom. The van der Waals surface area contributed by atoms with Crippen molar-refractivity contribution in [2.24, 2.45) is 7.05 Å². The zero-order chi connectivity index (χ0) is 12.4. The topological polar surface area (TPSA) is 47.7 Å². The van der Waals surface area contributed by atoms with Gasteiger partial charge in [0.2, 0.25) is 0 Å². The first-order chi connectivity index (χ1) is 8.81. The van der Waals surface area contributed by atoms with Crippen molar-refractivity contribution < 1.29 is 0 Å². The molecular weight excluding hydrogens is 262 g/mol. The van der Waals surface area contributed by atoms with Gasteiger partial charge in [0.15, 0.2) is 0 Å². The summed E-state index contributed by atoms with van der Waals surface area (Å²) >= 11 is 0. The van der Waals surface area contributed by atoms with Crippen LogP contribution in [-0.4, -0.2) is 19.6 Å². The minimum atomic E-state index is 0. The van der Waals surface area contributed by atoms with Crippen LogP contribution in [-0.2, 0) is 13.6 Å². The van der Waals surface area contributed by atoms with Crippen molar-refractivity contribution in [2.75, 3.05) is 5.32 Å². The molecule has 0 aromatic carbocycles. The number of rotatable bonds is 4. The van der Waals surface area contributed by atoms with Crippen molar-refractivity contribution >= 4 is 18.1 Å². The lowest BCUT2D eigenvalue weighted by atomic mass is 10.3. The van der Waals surface area contributed by atoms with Crippen LogP contribution in [0.15, 0.2) is 24.7 Å². The van der Waals surface area contributed by atoms with E-state index in [-0.39, 0.29) is 12.4 Å². The van der Waals surface area contributed by atoms with Crippen molar-refractivity contribution in [3.05, 3.63) is 30.4 Å². The van der Waals surface area contributed by atoms with E-state index in [0.717, 1.165) is 17.9 Å². The summed E-state index contributed by atoms with van der Waals surface area (Å²) < 4.78 is 3.92. The van der Waals surface area contributed by atoms with Gasteiger partial charge in [0, 0.05) is 19.4 Å². The third-order valence-electron chi connectivity index (χ3n) is 3.54. The van der Waals surface area contributed by atoms with Crippen LogP contribution in [0.5, 0.6) is 0 Å². The van der Waals surface area contributed by atoms with Crippen LogP contribution in [0.1, 0.15) is 37.4 Å². The molecule has 0 atom stereocenters. The molecule has 1 N–H and O–H groups in total. The average Bonchev–Trinajstić information content (AvgIpc) is 3.07. The number of nitrogens with zero attached hydrogens (tertiary/aromatic N) is 4. The maximum atomic E-state index is 4.44. The van der Waals surface area contributed by atoms with Gasteiger partial charge in [0.1, 0.15) is 0 Å². The predicted octanol–water partition coefficient (Wildman–Crippen LogP) is 2.77. The molecule has 19 heavy (non-hydrogen) atoms. The highest BCUT2D eigenvalue weighted by atomic mass is 35.5. The summed E-state index contributed by atoms with van der Waals surface area (Å²) in [7, 11) is 1.93. The number of aromatic nitrogens is 4. The van der Waals surface area contributed by atoms with E-state index < -0.39 is 0 Å². The van der Waals surface area contributed by atoms with Crippen molar-refractivity contribution in [2.45, 2.75) is 38.3 Å². The zero-order valence-corrected chi connectivity index (χ0v) is 11.9. The largest absolute Gasteiger partial charge is 0.377 e. The first-order valence-corrected chi connectivity index (χ1v) is 6.58. The lowest BCUT2D eigenvalue weighted by molar-refractivity contribution is 0.467. The molecule has 6 heteroatoms. The molecule has 1 aliphatic carbocycles. The Morgan fingerprint density at radius 2 is 2.16 bits per heavy atom. The standard InChI is InChI=1S/C13H19N5.ClH/c1-17-7-6-11(16-17)8-14-12-9-15-18(10-12)13-4-2-3-5-13;/h6-7,9-10,13-14H,2-5,8H2,1H3;1H. The normalized spacial score (nSPS) is 15.4. The second kappa shape index (κ2) is 6.10. The highest BCUT2D eigenvalue weighted by Crippen LogP contribution is 2.29. The molecule has 0 radical (unpaired) electrons. The second-order valence-electron chi connectivity index (χ2n) is 4.98. The highest BCUT2D eigenvalue weighted by Gasteiger charge is 2.17. The molecule has 0 saturated heterocycles. The smallest absolute Gasteiger partial charge is 0.0815 e. The van der Waals surface area contributed by atoms with Gasteiger partial charge in [-0.05, 0) is 18.9 Å². The zero-order valence-electron chi connectivity index (χ0n) is 11.1. The van der Waals surface area contributed by atoms with E-state index in [2.05, 4.69) is 26.4 Å². The SMILES string of the molecule is Cl.Cn1ccc(CNc2cnn(C3CCCC3)c2)n1. The molecule has 1 fully saturated rings. The van der Waals surface area contributed by atoms with Crippen molar-refractivity contribution in [1.29, 1.82) is 0 Å². The van der Waals surface area contributed by atoms with Crippen LogP contribution in [0.25, 0.3) is 0 Å². The van der Waals surface area contributed by atoms with E-state index in [9.17, 15) is 0 Å². The molecule has 3 rings (SSSR count). The summed E-state index contributed by atoms with van der Waals surface area (Å²) in [5.41, 5.74) is 2.12. The van der Waals surface area contributed by atoms with E-state index in [1.165, 1.54) is 25.7 Å². The Morgan fingerprint density at radius 1 is 1.37 bits per heavy atom. The maximum absolute atomic E-state index is 4.44. The van der Waals surface area contributed by atoms with Gasteiger partial charge in [0.25, 0.3) is 0 Å². The molecule has 0 aliphatic heterocycles. The van der Waals surface area contributed by atoms with Gasteiger partial charge in [0.05, 0.1) is 30.2 Å². The number of aryl methyl sites for hydroxylation is 1. The molecule has 0 spiro atoms. The van der Waals surface area contributed by atoms with Gasteiger partial charge in [-0.3, -0.25) is 9.36 Å². The van der Waals surface area contributed by atoms with Gasteiger partial charge in [-0.15, -0.1) is 12.4 Å². The number of halogens is 1. The third-order valence-corrected chi connectivity index (χ3v) is 3.54. The molecule has 1 saturated carbocycles. The van der Waals surface area contributed by atoms with Crippen molar-refractivity contribution in [3.63, 3.8) is 0 Å². The summed E-state index contributed by atoms with van der Waals surface area (Å²) in [5.74, 6) is 0. The van der Waals surface area contributed by atoms with E-state index in [4.69, 9.17) is 0 Å². The van der Waals surface area contributed by atoms with E-state index in [1.54, 1.807) is 0 Å². The fourth-order valence-electron chi connectivity index (χ4n) is 2.55. The average molecular weight is 282 g/mol. The van der Waals surface area contributed by atoms with E-state index in [1.807, 2.05) is 30.2 Å². The van der Waals surface area contributed by atoms with Gasteiger partial charge < -0.3 is 5.32 Å².